The number of aromatic nitrogens is 2. The Kier molecular flexibility index (Phi) is 4.31. The van der Waals surface area contributed by atoms with E-state index < -0.39 is 18.2 Å². The summed E-state index contributed by atoms with van der Waals surface area (Å²) in [6, 6.07) is 1.41. The maximum atomic E-state index is 13.0. The van der Waals surface area contributed by atoms with E-state index in [1.807, 2.05) is 0 Å². The molecule has 8 heteroatoms. The average molecular weight is 286 g/mol. The Bertz CT molecular complexity index is 608. The van der Waals surface area contributed by atoms with Crippen molar-refractivity contribution in [3.05, 3.63) is 28.2 Å². The molecule has 2 heterocycles. The minimum Gasteiger partial charge on any atom is -0.338 e. The van der Waals surface area contributed by atoms with Crippen molar-refractivity contribution in [3.8, 4) is 0 Å². The first-order valence-electron chi connectivity index (χ1n) is 6.35. The summed E-state index contributed by atoms with van der Waals surface area (Å²) in [6.45, 7) is 1.51. The minimum absolute atomic E-state index is 0.0735. The Hall–Kier alpha value is -1.99. The first-order chi connectivity index (χ1) is 9.45. The molecular formula is C12H16F2N4O2. The molecular weight excluding hydrogens is 270 g/mol. The Morgan fingerprint density at radius 3 is 2.95 bits per heavy atom. The number of rotatable bonds is 3. The number of likely N-dealkylation sites (tertiary alicyclic amines) is 1. The Morgan fingerprint density at radius 1 is 1.65 bits per heavy atom. The molecule has 1 aromatic heterocycles. The lowest BCUT2D eigenvalue weighted by Crippen LogP contribution is -2.37. The zero-order valence-electron chi connectivity index (χ0n) is 11.1. The number of H-pyrrole nitrogens is 1. The van der Waals surface area contributed by atoms with E-state index in [0.29, 0.717) is 13.0 Å². The van der Waals surface area contributed by atoms with E-state index in [0.717, 1.165) is 4.57 Å². The maximum Gasteiger partial charge on any atom is 0.327 e. The van der Waals surface area contributed by atoms with Crippen LogP contribution in [0.4, 0.5) is 8.78 Å². The molecule has 0 spiro atoms. The Labute approximate surface area is 113 Å². The smallest absolute Gasteiger partial charge is 0.327 e. The van der Waals surface area contributed by atoms with Gasteiger partial charge in [-0.3, -0.25) is 14.3 Å². The van der Waals surface area contributed by atoms with E-state index in [9.17, 15) is 18.4 Å². The molecule has 1 saturated heterocycles. The van der Waals surface area contributed by atoms with Crippen LogP contribution in [0, 0.1) is 0 Å². The summed E-state index contributed by atoms with van der Waals surface area (Å²) >= 11 is 0. The van der Waals surface area contributed by atoms with Crippen molar-refractivity contribution in [3.63, 3.8) is 0 Å². The number of carbonyl (C=O) groups is 1. The van der Waals surface area contributed by atoms with Crippen LogP contribution in [-0.2, 0) is 11.3 Å². The van der Waals surface area contributed by atoms with Gasteiger partial charge in [0.2, 0.25) is 5.91 Å². The van der Waals surface area contributed by atoms with E-state index in [4.69, 9.17) is 0 Å². The van der Waals surface area contributed by atoms with Crippen molar-refractivity contribution >= 4 is 5.91 Å². The summed E-state index contributed by atoms with van der Waals surface area (Å²) in [6.07, 6.45) is -0.719. The van der Waals surface area contributed by atoms with Crippen LogP contribution in [0.1, 0.15) is 13.3 Å². The van der Waals surface area contributed by atoms with Gasteiger partial charge in [0.15, 0.2) is 6.30 Å². The minimum atomic E-state index is -1.42. The standard InChI is InChI=1S/C12H16F2N4O2/c1-8(13)15-10-3-5-18(12(20)16-10)7-11(19)17-4-2-9(14)6-17/h3,5,8-9H,2,4,6-7H2,1H3,(H,15,16,20). The largest absolute Gasteiger partial charge is 0.338 e. The van der Waals surface area contributed by atoms with Gasteiger partial charge in [-0.15, -0.1) is 0 Å². The third kappa shape index (κ3) is 3.52. The van der Waals surface area contributed by atoms with Crippen molar-refractivity contribution in [2.75, 3.05) is 13.1 Å². The molecule has 1 aliphatic rings. The second kappa shape index (κ2) is 5.98. The van der Waals surface area contributed by atoms with Gasteiger partial charge in [0.05, 0.1) is 6.54 Å². The maximum absolute atomic E-state index is 13.0. The molecule has 1 fully saturated rings. The van der Waals surface area contributed by atoms with Gasteiger partial charge in [-0.2, -0.15) is 0 Å². The van der Waals surface area contributed by atoms with Crippen molar-refractivity contribution in [1.29, 1.82) is 0 Å². The number of hydrogen-bond donors (Lipinski definition) is 1. The Balaban J connectivity index is 2.10. The average Bonchev–Trinajstić information content (AvgIpc) is 2.78. The summed E-state index contributed by atoms with van der Waals surface area (Å²) in [5.74, 6) is -0.316. The molecule has 1 amide bonds. The van der Waals surface area contributed by atoms with Gasteiger partial charge in [0.1, 0.15) is 18.2 Å². The number of hydrogen-bond acceptors (Lipinski definition) is 3. The number of nitrogens with zero attached hydrogens (tertiary/aromatic N) is 3. The van der Waals surface area contributed by atoms with Crippen molar-refractivity contribution in [2.45, 2.75) is 32.4 Å². The molecule has 110 valence electrons. The van der Waals surface area contributed by atoms with Gasteiger partial charge in [-0.05, 0) is 19.4 Å². The zero-order valence-corrected chi connectivity index (χ0v) is 11.1. The van der Waals surface area contributed by atoms with Crippen LogP contribution in [0.25, 0.3) is 0 Å². The first-order valence-corrected chi connectivity index (χ1v) is 6.35. The lowest BCUT2D eigenvalue weighted by molar-refractivity contribution is -0.131. The van der Waals surface area contributed by atoms with Crippen LogP contribution in [0.3, 0.4) is 0 Å². The number of alkyl halides is 2. The van der Waals surface area contributed by atoms with Crippen molar-refractivity contribution < 1.29 is 13.6 Å². The first kappa shape index (κ1) is 14.4. The normalized spacial score (nSPS) is 21.2. The van der Waals surface area contributed by atoms with Gasteiger partial charge in [0.25, 0.3) is 0 Å². The fourth-order valence-corrected chi connectivity index (χ4v) is 2.03. The third-order valence-corrected chi connectivity index (χ3v) is 3.01. The van der Waals surface area contributed by atoms with E-state index in [1.165, 1.54) is 24.1 Å². The molecule has 2 rings (SSSR count). The summed E-state index contributed by atoms with van der Waals surface area (Å²) in [4.78, 5) is 30.9. The molecule has 20 heavy (non-hydrogen) atoms. The van der Waals surface area contributed by atoms with Gasteiger partial charge in [-0.1, -0.05) is 0 Å². The van der Waals surface area contributed by atoms with Gasteiger partial charge in [-0.25, -0.2) is 18.6 Å². The highest BCUT2D eigenvalue weighted by atomic mass is 19.1. The van der Waals surface area contributed by atoms with E-state index in [2.05, 4.69) is 9.98 Å². The molecule has 1 N–H and O–H groups in total. The summed E-state index contributed by atoms with van der Waals surface area (Å²) in [7, 11) is 0. The highest BCUT2D eigenvalue weighted by Gasteiger charge is 2.25. The number of nitrogens with one attached hydrogen (secondary N) is 1. The van der Waals surface area contributed by atoms with Crippen LogP contribution >= 0.6 is 0 Å². The lowest BCUT2D eigenvalue weighted by atomic mass is 10.3. The number of halogens is 2. The summed E-state index contributed by atoms with van der Waals surface area (Å²) in [5.41, 5.74) is -0.449. The molecule has 2 unspecified atom stereocenters. The molecule has 0 aromatic carbocycles. The van der Waals surface area contributed by atoms with Gasteiger partial charge < -0.3 is 4.90 Å². The number of aromatic amines is 1. The zero-order chi connectivity index (χ0) is 14.7. The molecule has 0 bridgehead atoms. The molecule has 6 nitrogen and oxygen atoms in total. The second-order valence-electron chi connectivity index (χ2n) is 4.69. The van der Waals surface area contributed by atoms with Crippen molar-refractivity contribution in [1.82, 2.24) is 14.5 Å². The number of amides is 1. The van der Waals surface area contributed by atoms with Crippen LogP contribution in [-0.4, -0.2) is 45.9 Å². The number of carbonyl (C=O) groups excluding carboxylic acids is 1. The monoisotopic (exact) mass is 286 g/mol. The predicted molar refractivity (Wildman–Crippen MR) is 67.3 cm³/mol. The van der Waals surface area contributed by atoms with E-state index in [1.54, 1.807) is 0 Å². The predicted octanol–water partition coefficient (Wildman–Crippen LogP) is -0.0370. The molecule has 0 radical (unpaired) electrons. The summed E-state index contributed by atoms with van der Waals surface area (Å²) in [5, 5.41) is 0. The molecule has 0 aliphatic carbocycles. The van der Waals surface area contributed by atoms with Gasteiger partial charge in [0, 0.05) is 12.7 Å². The third-order valence-electron chi connectivity index (χ3n) is 3.01. The summed E-state index contributed by atoms with van der Waals surface area (Å²) < 4.78 is 26.8. The SMILES string of the molecule is CC(F)/N=c1/ccn(CC(=O)N2CCC(F)C2)c(=O)[nH]1. The Morgan fingerprint density at radius 2 is 2.40 bits per heavy atom. The van der Waals surface area contributed by atoms with Crippen LogP contribution in [0.5, 0.6) is 0 Å². The highest BCUT2D eigenvalue weighted by molar-refractivity contribution is 5.76. The van der Waals surface area contributed by atoms with E-state index >= 15 is 0 Å². The second-order valence-corrected chi connectivity index (χ2v) is 4.69. The molecule has 2 atom stereocenters. The quantitative estimate of drug-likeness (QED) is 0.792. The van der Waals surface area contributed by atoms with Crippen LogP contribution in [0.15, 0.2) is 22.1 Å². The van der Waals surface area contributed by atoms with Crippen LogP contribution < -0.4 is 11.2 Å². The molecule has 1 aromatic rings. The highest BCUT2D eigenvalue weighted by Crippen LogP contribution is 2.12. The van der Waals surface area contributed by atoms with E-state index in [-0.39, 0.29) is 24.5 Å². The molecule has 1 aliphatic heterocycles. The lowest BCUT2D eigenvalue weighted by Gasteiger charge is -2.15. The fraction of sp³-hybridized carbons (Fsp3) is 0.583. The van der Waals surface area contributed by atoms with Crippen molar-refractivity contribution in [2.24, 2.45) is 4.99 Å². The topological polar surface area (TPSA) is 70.5 Å². The molecule has 0 saturated carbocycles. The van der Waals surface area contributed by atoms with Crippen LogP contribution in [0.2, 0.25) is 0 Å². The van der Waals surface area contributed by atoms with Gasteiger partial charge >= 0.3 is 5.69 Å². The fourth-order valence-electron chi connectivity index (χ4n) is 2.03.